The van der Waals surface area contributed by atoms with Crippen molar-refractivity contribution >= 4 is 5.97 Å². The molecule has 72 valence electrons. The Balaban J connectivity index is 1.98. The zero-order chi connectivity index (χ0) is 9.16. The Morgan fingerprint density at radius 3 is 2.85 bits per heavy atom. The van der Waals surface area contributed by atoms with Gasteiger partial charge in [-0.05, 0) is 6.42 Å². The topological polar surface area (TPSA) is 66.8 Å². The third-order valence-corrected chi connectivity index (χ3v) is 3.90. The Labute approximate surface area is 75.5 Å². The van der Waals surface area contributed by atoms with E-state index in [4.69, 9.17) is 4.74 Å². The Morgan fingerprint density at radius 2 is 2.08 bits per heavy atom. The second-order valence-electron chi connectivity index (χ2n) is 4.35. The minimum absolute atomic E-state index is 0.0556. The molecule has 2 aliphatic carbocycles. The molecule has 1 saturated heterocycles. The number of cyclic esters (lactones) is 1. The van der Waals surface area contributed by atoms with Gasteiger partial charge in [0.05, 0.1) is 24.7 Å². The molecule has 2 bridgehead atoms. The van der Waals surface area contributed by atoms with Gasteiger partial charge in [-0.25, -0.2) is 0 Å². The van der Waals surface area contributed by atoms with Crippen LogP contribution in [-0.2, 0) is 9.53 Å². The number of aliphatic hydroxyl groups is 2. The fraction of sp³-hybridized carbons (Fsp3) is 0.889. The molecule has 0 amide bonds. The van der Waals surface area contributed by atoms with Gasteiger partial charge in [-0.3, -0.25) is 4.79 Å². The van der Waals surface area contributed by atoms with Gasteiger partial charge in [0, 0.05) is 17.8 Å². The quantitative estimate of drug-likeness (QED) is 0.481. The molecule has 6 atom stereocenters. The molecular weight excluding hydrogens is 172 g/mol. The molecule has 1 heterocycles. The van der Waals surface area contributed by atoms with Crippen LogP contribution in [0.1, 0.15) is 6.42 Å². The van der Waals surface area contributed by atoms with Crippen LogP contribution in [0.15, 0.2) is 0 Å². The predicted octanol–water partition coefficient (Wildman–Crippen LogP) is -0.853. The molecule has 4 heteroatoms. The van der Waals surface area contributed by atoms with Gasteiger partial charge in [0.15, 0.2) is 0 Å². The highest BCUT2D eigenvalue weighted by atomic mass is 16.5. The lowest BCUT2D eigenvalue weighted by atomic mass is 9.80. The fourth-order valence-corrected chi connectivity index (χ4v) is 3.38. The Bertz CT molecular complexity index is 262. The average molecular weight is 184 g/mol. The maximum absolute atomic E-state index is 11.3. The molecule has 3 rings (SSSR count). The highest BCUT2D eigenvalue weighted by Crippen LogP contribution is 2.55. The number of carbonyl (C=O) groups is 1. The van der Waals surface area contributed by atoms with E-state index in [-0.39, 0.29) is 29.6 Å². The van der Waals surface area contributed by atoms with Gasteiger partial charge in [0.25, 0.3) is 0 Å². The molecular formula is C9H12O4. The van der Waals surface area contributed by atoms with Crippen molar-refractivity contribution in [3.63, 3.8) is 0 Å². The molecule has 3 aliphatic rings. The number of aliphatic hydroxyl groups excluding tert-OH is 2. The van der Waals surface area contributed by atoms with Crippen LogP contribution in [0, 0.1) is 23.7 Å². The molecule has 0 aromatic carbocycles. The molecule has 13 heavy (non-hydrogen) atoms. The summed E-state index contributed by atoms with van der Waals surface area (Å²) < 4.78 is 4.94. The first-order chi connectivity index (χ1) is 6.20. The lowest BCUT2D eigenvalue weighted by Gasteiger charge is -2.23. The van der Waals surface area contributed by atoms with E-state index in [0.29, 0.717) is 13.0 Å². The number of fused-ring (bicyclic) bond motifs is 5. The standard InChI is InChI=1S/C9H12O4/c10-5-1-3-6-4(2-13-9(6)12)7(5)8(3)11/h3-8,10-11H,1-2H2/t3-,4-,5+,6+,7-,8-/m0/s1. The third-order valence-electron chi connectivity index (χ3n) is 3.90. The maximum atomic E-state index is 11.3. The highest BCUT2D eigenvalue weighted by molar-refractivity contribution is 5.76. The van der Waals surface area contributed by atoms with E-state index in [2.05, 4.69) is 0 Å². The smallest absolute Gasteiger partial charge is 0.309 e. The molecule has 0 unspecified atom stereocenters. The summed E-state index contributed by atoms with van der Waals surface area (Å²) in [6, 6.07) is 0. The number of rotatable bonds is 0. The van der Waals surface area contributed by atoms with Gasteiger partial charge in [-0.1, -0.05) is 0 Å². The summed E-state index contributed by atoms with van der Waals surface area (Å²) in [6.07, 6.45) is -0.365. The SMILES string of the molecule is O=C1OC[C@H]2[C@H]1[C@@H]1C[C@@H](O)[C@H]2[C@H]1O. The van der Waals surface area contributed by atoms with Crippen molar-refractivity contribution in [3.05, 3.63) is 0 Å². The van der Waals surface area contributed by atoms with Crippen molar-refractivity contribution in [1.82, 2.24) is 0 Å². The molecule has 0 aromatic heterocycles. The summed E-state index contributed by atoms with van der Waals surface area (Å²) >= 11 is 0. The summed E-state index contributed by atoms with van der Waals surface area (Å²) in [5, 5.41) is 19.4. The van der Waals surface area contributed by atoms with E-state index in [1.54, 1.807) is 0 Å². The van der Waals surface area contributed by atoms with Crippen molar-refractivity contribution in [2.75, 3.05) is 6.61 Å². The molecule has 0 radical (unpaired) electrons. The van der Waals surface area contributed by atoms with Crippen molar-refractivity contribution < 1.29 is 19.7 Å². The first kappa shape index (κ1) is 7.76. The molecule has 1 aliphatic heterocycles. The van der Waals surface area contributed by atoms with Gasteiger partial charge < -0.3 is 14.9 Å². The summed E-state index contributed by atoms with van der Waals surface area (Å²) in [5.41, 5.74) is 0. The van der Waals surface area contributed by atoms with Crippen LogP contribution in [0.5, 0.6) is 0 Å². The van der Waals surface area contributed by atoms with Crippen molar-refractivity contribution in [2.45, 2.75) is 18.6 Å². The first-order valence-corrected chi connectivity index (χ1v) is 4.73. The molecule has 2 saturated carbocycles. The first-order valence-electron chi connectivity index (χ1n) is 4.73. The molecule has 4 nitrogen and oxygen atoms in total. The fourth-order valence-electron chi connectivity index (χ4n) is 3.38. The van der Waals surface area contributed by atoms with Crippen LogP contribution < -0.4 is 0 Å². The molecule has 0 spiro atoms. The van der Waals surface area contributed by atoms with Gasteiger partial charge in [-0.15, -0.1) is 0 Å². The second-order valence-corrected chi connectivity index (χ2v) is 4.35. The Kier molecular flexibility index (Phi) is 1.34. The third kappa shape index (κ3) is 0.758. The van der Waals surface area contributed by atoms with Crippen LogP contribution in [-0.4, -0.2) is 35.0 Å². The van der Waals surface area contributed by atoms with Crippen molar-refractivity contribution in [2.24, 2.45) is 23.7 Å². The highest BCUT2D eigenvalue weighted by Gasteiger charge is 2.63. The Hall–Kier alpha value is -0.610. The molecule has 0 aromatic rings. The van der Waals surface area contributed by atoms with Crippen molar-refractivity contribution in [1.29, 1.82) is 0 Å². The van der Waals surface area contributed by atoms with E-state index in [1.165, 1.54) is 0 Å². The monoisotopic (exact) mass is 184 g/mol. The van der Waals surface area contributed by atoms with Crippen LogP contribution in [0.3, 0.4) is 0 Å². The van der Waals surface area contributed by atoms with Gasteiger partial charge in [0.2, 0.25) is 0 Å². The van der Waals surface area contributed by atoms with Crippen molar-refractivity contribution in [3.8, 4) is 0 Å². The second kappa shape index (κ2) is 2.25. The Morgan fingerprint density at radius 1 is 1.31 bits per heavy atom. The largest absolute Gasteiger partial charge is 0.465 e. The summed E-state index contributed by atoms with van der Waals surface area (Å²) in [5.74, 6) is -0.426. The van der Waals surface area contributed by atoms with E-state index in [1.807, 2.05) is 0 Å². The number of hydrogen-bond donors (Lipinski definition) is 2. The van der Waals surface area contributed by atoms with Crippen LogP contribution in [0.4, 0.5) is 0 Å². The molecule has 2 N–H and O–H groups in total. The van der Waals surface area contributed by atoms with Crippen LogP contribution in [0.25, 0.3) is 0 Å². The normalized spacial score (nSPS) is 58.2. The van der Waals surface area contributed by atoms with Crippen LogP contribution in [0.2, 0.25) is 0 Å². The van der Waals surface area contributed by atoms with E-state index >= 15 is 0 Å². The zero-order valence-corrected chi connectivity index (χ0v) is 7.09. The zero-order valence-electron chi connectivity index (χ0n) is 7.09. The lowest BCUT2D eigenvalue weighted by Crippen LogP contribution is -2.31. The van der Waals surface area contributed by atoms with E-state index < -0.39 is 12.2 Å². The van der Waals surface area contributed by atoms with Gasteiger partial charge in [0.1, 0.15) is 0 Å². The number of hydrogen-bond acceptors (Lipinski definition) is 4. The average Bonchev–Trinajstić information content (AvgIpc) is 2.64. The maximum Gasteiger partial charge on any atom is 0.309 e. The van der Waals surface area contributed by atoms with Crippen LogP contribution >= 0.6 is 0 Å². The minimum atomic E-state index is -0.488. The van der Waals surface area contributed by atoms with Gasteiger partial charge in [-0.2, -0.15) is 0 Å². The molecule has 3 fully saturated rings. The summed E-state index contributed by atoms with van der Waals surface area (Å²) in [6.45, 7) is 0.388. The van der Waals surface area contributed by atoms with E-state index in [9.17, 15) is 15.0 Å². The number of esters is 1. The number of ether oxygens (including phenoxy) is 1. The summed E-state index contributed by atoms with van der Waals surface area (Å²) in [7, 11) is 0. The van der Waals surface area contributed by atoms with E-state index in [0.717, 1.165) is 0 Å². The number of carbonyl (C=O) groups excluding carboxylic acids is 1. The minimum Gasteiger partial charge on any atom is -0.465 e. The van der Waals surface area contributed by atoms with Gasteiger partial charge >= 0.3 is 5.97 Å². The summed E-state index contributed by atoms with van der Waals surface area (Å²) in [4.78, 5) is 11.3. The lowest BCUT2D eigenvalue weighted by molar-refractivity contribution is -0.143. The predicted molar refractivity (Wildman–Crippen MR) is 41.5 cm³/mol.